The van der Waals surface area contributed by atoms with E-state index in [-0.39, 0.29) is 23.8 Å². The molecule has 0 unspecified atom stereocenters. The molecule has 0 saturated heterocycles. The Kier molecular flexibility index (Phi) is 6.05. The molecule has 0 aliphatic rings. The molecule has 3 aromatic rings. The first-order chi connectivity index (χ1) is 14.3. The molecule has 1 heterocycles. The lowest BCUT2D eigenvalue weighted by Crippen LogP contribution is -2.29. The normalized spacial score (nSPS) is 10.7. The highest BCUT2D eigenvalue weighted by molar-refractivity contribution is 5.96. The third-order valence-corrected chi connectivity index (χ3v) is 4.47. The number of rotatable bonds is 7. The van der Waals surface area contributed by atoms with Crippen molar-refractivity contribution in [3.63, 3.8) is 0 Å². The smallest absolute Gasteiger partial charge is 0.269 e. The summed E-state index contributed by atoms with van der Waals surface area (Å²) >= 11 is 0. The standard InChI is InChI=1S/C20H19F2N5O3/c1-12-19(13(2)26(25-12)18-8-3-14(21)11-17(18)22)20(28)24-10-9-23-15-4-6-16(7-5-15)27(29)30/h3-8,11,23H,9-10H2,1-2H3,(H,24,28). The van der Waals surface area contributed by atoms with Gasteiger partial charge in [0.2, 0.25) is 0 Å². The Hall–Kier alpha value is -3.82. The van der Waals surface area contributed by atoms with E-state index < -0.39 is 16.6 Å². The number of aryl methyl sites for hydroxylation is 1. The van der Waals surface area contributed by atoms with Crippen molar-refractivity contribution in [1.29, 1.82) is 0 Å². The van der Waals surface area contributed by atoms with Crippen LogP contribution in [-0.4, -0.2) is 33.7 Å². The summed E-state index contributed by atoms with van der Waals surface area (Å²) in [5, 5.41) is 20.7. The second-order valence-electron chi connectivity index (χ2n) is 6.54. The topological polar surface area (TPSA) is 102 Å². The molecule has 0 aliphatic carbocycles. The van der Waals surface area contributed by atoms with E-state index in [4.69, 9.17) is 0 Å². The molecule has 0 radical (unpaired) electrons. The number of carbonyl (C=O) groups is 1. The third-order valence-electron chi connectivity index (χ3n) is 4.47. The van der Waals surface area contributed by atoms with Crippen LogP contribution in [0.25, 0.3) is 5.69 Å². The zero-order valence-corrected chi connectivity index (χ0v) is 16.3. The summed E-state index contributed by atoms with van der Waals surface area (Å²) in [6.45, 7) is 3.94. The maximum Gasteiger partial charge on any atom is 0.269 e. The number of carbonyl (C=O) groups excluding carboxylic acids is 1. The van der Waals surface area contributed by atoms with Crippen LogP contribution in [0.5, 0.6) is 0 Å². The lowest BCUT2D eigenvalue weighted by molar-refractivity contribution is -0.384. The Morgan fingerprint density at radius 3 is 2.47 bits per heavy atom. The van der Waals surface area contributed by atoms with E-state index in [1.807, 2.05) is 0 Å². The van der Waals surface area contributed by atoms with Crippen LogP contribution in [0.3, 0.4) is 0 Å². The Bertz CT molecular complexity index is 1100. The molecule has 30 heavy (non-hydrogen) atoms. The van der Waals surface area contributed by atoms with Crippen LogP contribution in [0, 0.1) is 35.6 Å². The van der Waals surface area contributed by atoms with Crippen molar-refractivity contribution in [3.8, 4) is 5.69 Å². The lowest BCUT2D eigenvalue weighted by atomic mass is 10.2. The average molecular weight is 415 g/mol. The highest BCUT2D eigenvalue weighted by atomic mass is 19.1. The van der Waals surface area contributed by atoms with Crippen LogP contribution in [0.15, 0.2) is 42.5 Å². The van der Waals surface area contributed by atoms with E-state index in [9.17, 15) is 23.7 Å². The molecule has 0 saturated carbocycles. The SMILES string of the molecule is Cc1nn(-c2ccc(F)cc2F)c(C)c1C(=O)NCCNc1ccc([N+](=O)[O-])cc1. The number of amides is 1. The van der Waals surface area contributed by atoms with Crippen molar-refractivity contribution in [2.75, 3.05) is 18.4 Å². The molecule has 2 aromatic carbocycles. The molecule has 0 bridgehead atoms. The molecule has 0 aliphatic heterocycles. The largest absolute Gasteiger partial charge is 0.383 e. The Labute approximate surface area is 170 Å². The van der Waals surface area contributed by atoms with Gasteiger partial charge < -0.3 is 10.6 Å². The van der Waals surface area contributed by atoms with Crippen molar-refractivity contribution in [3.05, 3.63) is 81.2 Å². The summed E-state index contributed by atoms with van der Waals surface area (Å²) in [6, 6.07) is 9.08. The molecule has 0 atom stereocenters. The number of nitrogens with one attached hydrogen (secondary N) is 2. The van der Waals surface area contributed by atoms with Crippen molar-refractivity contribution in [1.82, 2.24) is 15.1 Å². The van der Waals surface area contributed by atoms with Crippen molar-refractivity contribution in [2.45, 2.75) is 13.8 Å². The first-order valence-electron chi connectivity index (χ1n) is 9.06. The molecule has 1 amide bonds. The predicted octanol–water partition coefficient (Wildman–Crippen LogP) is 3.52. The maximum absolute atomic E-state index is 14.1. The van der Waals surface area contributed by atoms with Crippen LogP contribution < -0.4 is 10.6 Å². The summed E-state index contributed by atoms with van der Waals surface area (Å²) < 4.78 is 28.5. The zero-order chi connectivity index (χ0) is 21.8. The lowest BCUT2D eigenvalue weighted by Gasteiger charge is -2.09. The van der Waals surface area contributed by atoms with Gasteiger partial charge in [0.05, 0.1) is 21.9 Å². The number of nitro benzene ring substituents is 1. The van der Waals surface area contributed by atoms with E-state index in [2.05, 4.69) is 15.7 Å². The second kappa shape index (κ2) is 8.68. The van der Waals surface area contributed by atoms with Crippen LogP contribution in [0.4, 0.5) is 20.2 Å². The fraction of sp³-hybridized carbons (Fsp3) is 0.200. The van der Waals surface area contributed by atoms with E-state index in [1.165, 1.54) is 22.9 Å². The Balaban J connectivity index is 1.63. The van der Waals surface area contributed by atoms with Gasteiger partial charge in [-0.05, 0) is 38.1 Å². The van der Waals surface area contributed by atoms with Crippen molar-refractivity contribution < 1.29 is 18.5 Å². The number of halogens is 2. The van der Waals surface area contributed by atoms with Gasteiger partial charge in [-0.15, -0.1) is 0 Å². The van der Waals surface area contributed by atoms with E-state index in [0.29, 0.717) is 29.2 Å². The third kappa shape index (κ3) is 4.43. The number of aromatic nitrogens is 2. The van der Waals surface area contributed by atoms with E-state index >= 15 is 0 Å². The molecular formula is C20H19F2N5O3. The number of non-ortho nitro benzene ring substituents is 1. The predicted molar refractivity (Wildman–Crippen MR) is 107 cm³/mol. The highest BCUT2D eigenvalue weighted by Gasteiger charge is 2.20. The molecule has 2 N–H and O–H groups in total. The zero-order valence-electron chi connectivity index (χ0n) is 16.3. The molecule has 1 aromatic heterocycles. The van der Waals surface area contributed by atoms with Gasteiger partial charge in [-0.3, -0.25) is 14.9 Å². The maximum atomic E-state index is 14.1. The average Bonchev–Trinajstić information content (AvgIpc) is 2.99. The van der Waals surface area contributed by atoms with E-state index in [0.717, 1.165) is 12.1 Å². The summed E-state index contributed by atoms with van der Waals surface area (Å²) in [7, 11) is 0. The summed E-state index contributed by atoms with van der Waals surface area (Å²) in [5.41, 5.74) is 1.89. The molecule has 3 rings (SSSR count). The first-order valence-corrected chi connectivity index (χ1v) is 9.06. The summed E-state index contributed by atoms with van der Waals surface area (Å²) in [6.07, 6.45) is 0. The number of hydrogen-bond donors (Lipinski definition) is 2. The van der Waals surface area contributed by atoms with Crippen LogP contribution in [0.1, 0.15) is 21.7 Å². The van der Waals surface area contributed by atoms with Gasteiger partial charge in [0.15, 0.2) is 5.82 Å². The van der Waals surface area contributed by atoms with Gasteiger partial charge in [-0.1, -0.05) is 0 Å². The minimum atomic E-state index is -0.778. The van der Waals surface area contributed by atoms with Gasteiger partial charge >= 0.3 is 0 Å². The van der Waals surface area contributed by atoms with Gasteiger partial charge in [0.25, 0.3) is 11.6 Å². The van der Waals surface area contributed by atoms with Gasteiger partial charge in [-0.25, -0.2) is 13.5 Å². The minimum absolute atomic E-state index is 0.00518. The number of anilines is 1. The molecule has 8 nitrogen and oxygen atoms in total. The second-order valence-corrected chi connectivity index (χ2v) is 6.54. The number of benzene rings is 2. The molecule has 10 heteroatoms. The van der Waals surface area contributed by atoms with Gasteiger partial charge in [0.1, 0.15) is 11.5 Å². The van der Waals surface area contributed by atoms with Crippen molar-refractivity contribution in [2.24, 2.45) is 0 Å². The van der Waals surface area contributed by atoms with Crippen LogP contribution >= 0.6 is 0 Å². The van der Waals surface area contributed by atoms with Gasteiger partial charge in [-0.2, -0.15) is 5.10 Å². The van der Waals surface area contributed by atoms with Crippen LogP contribution in [0.2, 0.25) is 0 Å². The highest BCUT2D eigenvalue weighted by Crippen LogP contribution is 2.21. The molecule has 0 spiro atoms. The first kappa shape index (κ1) is 20.9. The quantitative estimate of drug-likeness (QED) is 0.349. The summed E-state index contributed by atoms with van der Waals surface area (Å²) in [4.78, 5) is 22.8. The van der Waals surface area contributed by atoms with Gasteiger partial charge in [0, 0.05) is 37.0 Å². The molecule has 0 fully saturated rings. The minimum Gasteiger partial charge on any atom is -0.383 e. The fourth-order valence-corrected chi connectivity index (χ4v) is 3.03. The van der Waals surface area contributed by atoms with Crippen LogP contribution in [-0.2, 0) is 0 Å². The Morgan fingerprint density at radius 1 is 1.13 bits per heavy atom. The van der Waals surface area contributed by atoms with E-state index in [1.54, 1.807) is 26.0 Å². The number of nitrogens with zero attached hydrogens (tertiary/aromatic N) is 3. The number of hydrogen-bond acceptors (Lipinski definition) is 5. The Morgan fingerprint density at radius 2 is 1.83 bits per heavy atom. The molecule has 156 valence electrons. The monoisotopic (exact) mass is 415 g/mol. The van der Waals surface area contributed by atoms with Crippen molar-refractivity contribution >= 4 is 17.3 Å². The summed E-state index contributed by atoms with van der Waals surface area (Å²) in [5.74, 6) is -1.85. The number of nitro groups is 1. The fourth-order valence-electron chi connectivity index (χ4n) is 3.03. The molecular weight excluding hydrogens is 396 g/mol.